The van der Waals surface area contributed by atoms with Crippen molar-refractivity contribution in [3.05, 3.63) is 35.4 Å². The monoisotopic (exact) mass is 294 g/mol. The van der Waals surface area contributed by atoms with E-state index in [4.69, 9.17) is 10.6 Å². The number of carbonyl (C=O) groups excluding carboxylic acids is 1. The highest BCUT2D eigenvalue weighted by Gasteiger charge is 2.15. The number of benzene rings is 1. The van der Waals surface area contributed by atoms with Gasteiger partial charge in [-0.15, -0.1) is 0 Å². The maximum Gasteiger partial charge on any atom is 0.241 e. The Morgan fingerprint density at radius 1 is 1.40 bits per heavy atom. The molecular weight excluding hydrogens is 272 g/mol. The average molecular weight is 294 g/mol. The second kappa shape index (κ2) is 7.67. The smallest absolute Gasteiger partial charge is 0.241 e. The first-order valence-corrected chi connectivity index (χ1v) is 8.04. The minimum Gasteiger partial charge on any atom is -0.381 e. The summed E-state index contributed by atoms with van der Waals surface area (Å²) in [7, 11) is 0. The van der Waals surface area contributed by atoms with Crippen molar-refractivity contribution in [3.8, 4) is 0 Å². The van der Waals surface area contributed by atoms with Crippen molar-refractivity contribution >= 4 is 17.7 Å². The van der Waals surface area contributed by atoms with E-state index >= 15 is 0 Å². The third-order valence-corrected chi connectivity index (χ3v) is 5.11. The summed E-state index contributed by atoms with van der Waals surface area (Å²) >= 11 is 2.00. The fourth-order valence-corrected chi connectivity index (χ4v) is 3.38. The molecule has 0 aliphatic carbocycles. The highest BCUT2D eigenvalue weighted by molar-refractivity contribution is 7.99. The Hall–Kier alpha value is -1.04. The SMILES string of the molecule is CC(C(=O)NN)c1ccc(CSC2CCOCC2)cc1. The summed E-state index contributed by atoms with van der Waals surface area (Å²) in [5.41, 5.74) is 4.48. The van der Waals surface area contributed by atoms with Gasteiger partial charge in [-0.3, -0.25) is 10.2 Å². The van der Waals surface area contributed by atoms with Crippen molar-refractivity contribution in [1.29, 1.82) is 0 Å². The average Bonchev–Trinajstić information content (AvgIpc) is 2.53. The van der Waals surface area contributed by atoms with Gasteiger partial charge in [0.1, 0.15) is 0 Å². The number of nitrogens with two attached hydrogens (primary N) is 1. The lowest BCUT2D eigenvalue weighted by atomic mass is 9.99. The van der Waals surface area contributed by atoms with Crippen LogP contribution in [0, 0.1) is 0 Å². The number of hydrogen-bond donors (Lipinski definition) is 2. The number of hydrazine groups is 1. The number of amides is 1. The highest BCUT2D eigenvalue weighted by Crippen LogP contribution is 2.26. The largest absolute Gasteiger partial charge is 0.381 e. The topological polar surface area (TPSA) is 64.4 Å². The molecule has 1 amide bonds. The van der Waals surface area contributed by atoms with Crippen molar-refractivity contribution < 1.29 is 9.53 Å². The minimum absolute atomic E-state index is 0.158. The molecule has 1 aliphatic rings. The zero-order valence-electron chi connectivity index (χ0n) is 11.8. The van der Waals surface area contributed by atoms with Gasteiger partial charge in [0.25, 0.3) is 0 Å². The Morgan fingerprint density at radius 2 is 2.05 bits per heavy atom. The molecule has 1 aromatic carbocycles. The summed E-state index contributed by atoms with van der Waals surface area (Å²) in [6.45, 7) is 3.64. The van der Waals surface area contributed by atoms with Crippen molar-refractivity contribution in [2.24, 2.45) is 5.84 Å². The normalized spacial score (nSPS) is 17.7. The number of ether oxygens (including phenoxy) is 1. The molecule has 110 valence electrons. The maximum absolute atomic E-state index is 11.5. The van der Waals surface area contributed by atoms with Crippen LogP contribution in [0.5, 0.6) is 0 Å². The molecule has 2 rings (SSSR count). The molecular formula is C15H22N2O2S. The molecule has 5 heteroatoms. The molecule has 4 nitrogen and oxygen atoms in total. The van der Waals surface area contributed by atoms with Crippen molar-refractivity contribution in [2.75, 3.05) is 13.2 Å². The summed E-state index contributed by atoms with van der Waals surface area (Å²) in [6, 6.07) is 8.23. The third-order valence-electron chi connectivity index (χ3n) is 3.67. The third kappa shape index (κ3) is 4.23. The van der Waals surface area contributed by atoms with E-state index in [9.17, 15) is 4.79 Å². The second-order valence-electron chi connectivity index (χ2n) is 5.09. The molecule has 1 atom stereocenters. The zero-order valence-corrected chi connectivity index (χ0v) is 12.6. The molecule has 0 saturated carbocycles. The van der Waals surface area contributed by atoms with Crippen LogP contribution >= 0.6 is 11.8 Å². The van der Waals surface area contributed by atoms with Crippen LogP contribution in [0.1, 0.15) is 36.8 Å². The lowest BCUT2D eigenvalue weighted by Gasteiger charge is -2.21. The molecule has 0 aromatic heterocycles. The lowest BCUT2D eigenvalue weighted by molar-refractivity contribution is -0.122. The van der Waals surface area contributed by atoms with Gasteiger partial charge in [-0.25, -0.2) is 5.84 Å². The molecule has 1 aromatic rings. The van der Waals surface area contributed by atoms with Crippen LogP contribution in [0.2, 0.25) is 0 Å². The number of rotatable bonds is 5. The van der Waals surface area contributed by atoms with E-state index in [1.165, 1.54) is 5.56 Å². The lowest BCUT2D eigenvalue weighted by Crippen LogP contribution is -2.33. The first-order chi connectivity index (χ1) is 9.70. The predicted molar refractivity (Wildman–Crippen MR) is 82.3 cm³/mol. The fraction of sp³-hybridized carbons (Fsp3) is 0.533. The van der Waals surface area contributed by atoms with Gasteiger partial charge in [-0.2, -0.15) is 11.8 Å². The van der Waals surface area contributed by atoms with E-state index in [0.717, 1.165) is 37.4 Å². The molecule has 0 bridgehead atoms. The second-order valence-corrected chi connectivity index (χ2v) is 6.38. The first kappa shape index (κ1) is 15.4. The number of nitrogens with one attached hydrogen (secondary N) is 1. The maximum atomic E-state index is 11.5. The Labute approximate surface area is 124 Å². The van der Waals surface area contributed by atoms with E-state index in [-0.39, 0.29) is 11.8 Å². The van der Waals surface area contributed by atoms with Crippen LogP contribution in [-0.2, 0) is 15.3 Å². The quantitative estimate of drug-likeness (QED) is 0.496. The molecule has 1 aliphatic heterocycles. The van der Waals surface area contributed by atoms with E-state index in [1.807, 2.05) is 30.8 Å². The van der Waals surface area contributed by atoms with Crippen LogP contribution in [0.3, 0.4) is 0 Å². The first-order valence-electron chi connectivity index (χ1n) is 6.99. The van der Waals surface area contributed by atoms with Crippen LogP contribution in [-0.4, -0.2) is 24.4 Å². The Morgan fingerprint density at radius 3 is 2.65 bits per heavy atom. The molecule has 1 unspecified atom stereocenters. The van der Waals surface area contributed by atoms with Gasteiger partial charge in [0.05, 0.1) is 5.92 Å². The van der Waals surface area contributed by atoms with Gasteiger partial charge in [0.2, 0.25) is 5.91 Å². The summed E-state index contributed by atoms with van der Waals surface area (Å²) in [5.74, 6) is 5.80. The van der Waals surface area contributed by atoms with Gasteiger partial charge in [-0.05, 0) is 30.9 Å². The summed E-state index contributed by atoms with van der Waals surface area (Å²) in [6.07, 6.45) is 2.30. The van der Waals surface area contributed by atoms with E-state index in [1.54, 1.807) is 0 Å². The number of carbonyl (C=O) groups is 1. The summed E-state index contributed by atoms with van der Waals surface area (Å²) < 4.78 is 5.37. The molecule has 0 radical (unpaired) electrons. The zero-order chi connectivity index (χ0) is 14.4. The number of thioether (sulfide) groups is 1. The molecule has 3 N–H and O–H groups in total. The van der Waals surface area contributed by atoms with Gasteiger partial charge in [-0.1, -0.05) is 24.3 Å². The Balaban J connectivity index is 1.86. The van der Waals surface area contributed by atoms with E-state index in [2.05, 4.69) is 17.6 Å². The van der Waals surface area contributed by atoms with Crippen LogP contribution < -0.4 is 11.3 Å². The highest BCUT2D eigenvalue weighted by atomic mass is 32.2. The van der Waals surface area contributed by atoms with Gasteiger partial charge < -0.3 is 4.74 Å². The standard InChI is InChI=1S/C15H22N2O2S/c1-11(15(18)17-16)13-4-2-12(3-5-13)10-20-14-6-8-19-9-7-14/h2-5,11,14H,6-10,16H2,1H3,(H,17,18). The molecule has 1 fully saturated rings. The minimum atomic E-state index is -0.211. The van der Waals surface area contributed by atoms with Gasteiger partial charge in [0.15, 0.2) is 0 Å². The molecule has 1 heterocycles. The van der Waals surface area contributed by atoms with Crippen molar-refractivity contribution in [2.45, 2.75) is 36.7 Å². The van der Waals surface area contributed by atoms with Crippen LogP contribution in [0.15, 0.2) is 24.3 Å². The molecule has 20 heavy (non-hydrogen) atoms. The van der Waals surface area contributed by atoms with E-state index in [0.29, 0.717) is 5.25 Å². The van der Waals surface area contributed by atoms with Crippen molar-refractivity contribution in [1.82, 2.24) is 5.43 Å². The fourth-order valence-electron chi connectivity index (χ4n) is 2.24. The molecule has 0 spiro atoms. The molecule has 1 saturated heterocycles. The Bertz CT molecular complexity index is 430. The van der Waals surface area contributed by atoms with Crippen LogP contribution in [0.4, 0.5) is 0 Å². The summed E-state index contributed by atoms with van der Waals surface area (Å²) in [4.78, 5) is 11.5. The predicted octanol–water partition coefficient (Wildman–Crippen LogP) is 2.19. The van der Waals surface area contributed by atoms with E-state index < -0.39 is 0 Å². The summed E-state index contributed by atoms with van der Waals surface area (Å²) in [5, 5.41) is 0.713. The van der Waals surface area contributed by atoms with Crippen LogP contribution in [0.25, 0.3) is 0 Å². The van der Waals surface area contributed by atoms with Gasteiger partial charge >= 0.3 is 0 Å². The number of hydrogen-bond acceptors (Lipinski definition) is 4. The van der Waals surface area contributed by atoms with Gasteiger partial charge in [0, 0.05) is 24.2 Å². The van der Waals surface area contributed by atoms with Crippen molar-refractivity contribution in [3.63, 3.8) is 0 Å². The Kier molecular flexibility index (Phi) is 5.88.